The molecule has 0 aromatic heterocycles. The van der Waals surface area contributed by atoms with Crippen molar-refractivity contribution in [1.82, 2.24) is 0 Å². The van der Waals surface area contributed by atoms with Gasteiger partial charge < -0.3 is 19.3 Å². The first-order chi connectivity index (χ1) is 16.0. The Morgan fingerprint density at radius 2 is 1.15 bits per heavy atom. The van der Waals surface area contributed by atoms with Crippen molar-refractivity contribution >= 4 is 33.5 Å². The molecule has 6 heteroatoms. The Kier molecular flexibility index (Phi) is 6.74. The highest BCUT2D eigenvalue weighted by atomic mass is 16.5. The van der Waals surface area contributed by atoms with E-state index in [2.05, 4.69) is 0 Å². The predicted molar refractivity (Wildman–Crippen MR) is 126 cm³/mol. The fraction of sp³-hybridized carbons (Fsp3) is 0.185. The zero-order valence-electron chi connectivity index (χ0n) is 18.2. The molecule has 0 bridgehead atoms. The van der Waals surface area contributed by atoms with E-state index < -0.39 is 5.97 Å². The van der Waals surface area contributed by atoms with Gasteiger partial charge >= 0.3 is 11.9 Å². The molecule has 0 spiro atoms. The van der Waals surface area contributed by atoms with Crippen LogP contribution < -0.4 is 9.47 Å². The van der Waals surface area contributed by atoms with E-state index in [1.54, 1.807) is 24.3 Å². The first kappa shape index (κ1) is 22.1. The van der Waals surface area contributed by atoms with E-state index in [1.165, 1.54) is 0 Å². The molecular weight excluding hydrogens is 420 g/mol. The molecule has 0 radical (unpaired) electrons. The Balaban J connectivity index is 1.33. The lowest BCUT2D eigenvalue weighted by atomic mass is 10.1. The van der Waals surface area contributed by atoms with Crippen LogP contribution in [0.3, 0.4) is 0 Å². The third-order valence-electron chi connectivity index (χ3n) is 5.16. The third kappa shape index (κ3) is 5.41. The molecule has 0 unspecified atom stereocenters. The summed E-state index contributed by atoms with van der Waals surface area (Å²) in [6.07, 6.45) is 0.790. The number of esters is 1. The molecule has 33 heavy (non-hydrogen) atoms. The average Bonchev–Trinajstić information content (AvgIpc) is 2.84. The zero-order valence-corrected chi connectivity index (χ0v) is 18.2. The Labute approximate surface area is 191 Å². The average molecular weight is 444 g/mol. The smallest absolute Gasteiger partial charge is 0.338 e. The fourth-order valence-corrected chi connectivity index (χ4v) is 3.48. The summed E-state index contributed by atoms with van der Waals surface area (Å²) in [6, 6.07) is 21.7. The quantitative estimate of drug-likeness (QED) is 0.263. The maximum atomic E-state index is 12.0. The van der Waals surface area contributed by atoms with Crippen molar-refractivity contribution in [2.75, 3.05) is 19.8 Å². The van der Waals surface area contributed by atoms with Crippen LogP contribution in [0, 0.1) is 0 Å². The highest BCUT2D eigenvalue weighted by Gasteiger charge is 2.08. The van der Waals surface area contributed by atoms with Crippen LogP contribution in [0.15, 0.2) is 72.8 Å². The van der Waals surface area contributed by atoms with E-state index in [-0.39, 0.29) is 11.5 Å². The number of carboxylic acid groups (broad SMARTS) is 1. The minimum atomic E-state index is -0.946. The summed E-state index contributed by atoms with van der Waals surface area (Å²) in [6.45, 7) is 3.10. The van der Waals surface area contributed by atoms with Crippen LogP contribution in [0.25, 0.3) is 21.5 Å². The molecular formula is C27H24O6. The molecule has 0 fully saturated rings. The van der Waals surface area contributed by atoms with Gasteiger partial charge in [0.05, 0.1) is 17.7 Å². The van der Waals surface area contributed by atoms with E-state index in [0.29, 0.717) is 36.9 Å². The molecule has 0 saturated heterocycles. The monoisotopic (exact) mass is 444 g/mol. The molecule has 0 saturated carbocycles. The van der Waals surface area contributed by atoms with Gasteiger partial charge in [0.15, 0.2) is 0 Å². The van der Waals surface area contributed by atoms with Crippen LogP contribution in [-0.4, -0.2) is 36.9 Å². The second-order valence-corrected chi connectivity index (χ2v) is 7.59. The van der Waals surface area contributed by atoms with Crippen molar-refractivity contribution < 1.29 is 28.9 Å². The van der Waals surface area contributed by atoms with E-state index in [1.807, 2.05) is 55.5 Å². The molecule has 4 aromatic rings. The molecule has 4 aromatic carbocycles. The summed E-state index contributed by atoms with van der Waals surface area (Å²) in [4.78, 5) is 23.1. The van der Waals surface area contributed by atoms with Gasteiger partial charge in [-0.15, -0.1) is 0 Å². The highest BCUT2D eigenvalue weighted by molar-refractivity contribution is 5.96. The van der Waals surface area contributed by atoms with Crippen LogP contribution in [0.4, 0.5) is 0 Å². The number of aromatic carboxylic acids is 1. The van der Waals surface area contributed by atoms with Crippen molar-refractivity contribution in [2.45, 2.75) is 13.3 Å². The maximum Gasteiger partial charge on any atom is 0.338 e. The SMILES string of the molecule is CCCOC(=O)c1ccc2cc(OCCOc3ccc4cc(C(=O)O)ccc4c3)ccc2c1. The van der Waals surface area contributed by atoms with E-state index in [4.69, 9.17) is 19.3 Å². The summed E-state index contributed by atoms with van der Waals surface area (Å²) in [5.41, 5.74) is 0.792. The summed E-state index contributed by atoms with van der Waals surface area (Å²) >= 11 is 0. The lowest BCUT2D eigenvalue weighted by Gasteiger charge is -2.10. The topological polar surface area (TPSA) is 82.1 Å². The lowest BCUT2D eigenvalue weighted by Crippen LogP contribution is -2.09. The van der Waals surface area contributed by atoms with Gasteiger partial charge in [0, 0.05) is 0 Å². The molecule has 0 aliphatic carbocycles. The van der Waals surface area contributed by atoms with Gasteiger partial charge in [0.1, 0.15) is 24.7 Å². The number of carbonyl (C=O) groups excluding carboxylic acids is 1. The molecule has 0 aliphatic rings. The van der Waals surface area contributed by atoms with Crippen molar-refractivity contribution in [3.63, 3.8) is 0 Å². The lowest BCUT2D eigenvalue weighted by molar-refractivity contribution is 0.0505. The number of benzene rings is 4. The zero-order chi connectivity index (χ0) is 23.2. The second-order valence-electron chi connectivity index (χ2n) is 7.59. The van der Waals surface area contributed by atoms with Gasteiger partial charge in [0.2, 0.25) is 0 Å². The Morgan fingerprint density at radius 3 is 1.70 bits per heavy atom. The summed E-state index contributed by atoms with van der Waals surface area (Å²) < 4.78 is 16.8. The van der Waals surface area contributed by atoms with E-state index in [0.717, 1.165) is 28.0 Å². The normalized spacial score (nSPS) is 10.8. The van der Waals surface area contributed by atoms with E-state index >= 15 is 0 Å². The fourth-order valence-electron chi connectivity index (χ4n) is 3.48. The molecule has 4 rings (SSSR count). The summed E-state index contributed by atoms with van der Waals surface area (Å²) in [5, 5.41) is 12.8. The first-order valence-corrected chi connectivity index (χ1v) is 10.8. The van der Waals surface area contributed by atoms with Gasteiger partial charge in [0.25, 0.3) is 0 Å². The molecule has 0 amide bonds. The number of rotatable bonds is 9. The van der Waals surface area contributed by atoms with Gasteiger partial charge in [-0.2, -0.15) is 0 Å². The predicted octanol–water partition coefficient (Wildman–Crippen LogP) is 5.72. The Hall–Kier alpha value is -4.06. The van der Waals surface area contributed by atoms with Crippen LogP contribution >= 0.6 is 0 Å². The number of hydrogen-bond donors (Lipinski definition) is 1. The second kappa shape index (κ2) is 10.0. The Morgan fingerprint density at radius 1 is 0.667 bits per heavy atom. The van der Waals surface area contributed by atoms with Crippen LogP contribution in [0.1, 0.15) is 34.1 Å². The van der Waals surface area contributed by atoms with Gasteiger partial charge in [-0.3, -0.25) is 0 Å². The Bertz CT molecular complexity index is 1310. The van der Waals surface area contributed by atoms with Crippen LogP contribution in [-0.2, 0) is 4.74 Å². The number of carbonyl (C=O) groups is 2. The van der Waals surface area contributed by atoms with Crippen molar-refractivity contribution in [2.24, 2.45) is 0 Å². The van der Waals surface area contributed by atoms with E-state index in [9.17, 15) is 9.59 Å². The number of carboxylic acids is 1. The molecule has 6 nitrogen and oxygen atoms in total. The molecule has 168 valence electrons. The minimum Gasteiger partial charge on any atom is -0.490 e. The van der Waals surface area contributed by atoms with Gasteiger partial charge in [-0.1, -0.05) is 31.2 Å². The van der Waals surface area contributed by atoms with Crippen molar-refractivity contribution in [3.8, 4) is 11.5 Å². The van der Waals surface area contributed by atoms with Crippen LogP contribution in [0.5, 0.6) is 11.5 Å². The summed E-state index contributed by atoms with van der Waals surface area (Å²) in [7, 11) is 0. The number of ether oxygens (including phenoxy) is 3. The molecule has 0 atom stereocenters. The maximum absolute atomic E-state index is 12.0. The van der Waals surface area contributed by atoms with Crippen LogP contribution in [0.2, 0.25) is 0 Å². The molecule has 0 aliphatic heterocycles. The third-order valence-corrected chi connectivity index (χ3v) is 5.16. The van der Waals surface area contributed by atoms with Gasteiger partial charge in [-0.25, -0.2) is 9.59 Å². The highest BCUT2D eigenvalue weighted by Crippen LogP contribution is 2.24. The minimum absolute atomic E-state index is 0.257. The molecule has 1 N–H and O–H groups in total. The standard InChI is InChI=1S/C27H24O6/c1-2-11-33-27(30)23-6-4-21-17-25(10-8-19(21)15-23)32-13-12-31-24-9-7-18-14-22(26(28)29)5-3-20(18)16-24/h3-10,14-17H,2,11-13H2,1H3,(H,28,29). The summed E-state index contributed by atoms with van der Waals surface area (Å²) in [5.74, 6) is 0.146. The largest absolute Gasteiger partial charge is 0.490 e. The van der Waals surface area contributed by atoms with Crippen molar-refractivity contribution in [3.05, 3.63) is 83.9 Å². The van der Waals surface area contributed by atoms with Gasteiger partial charge in [-0.05, 0) is 76.5 Å². The molecule has 0 heterocycles. The number of fused-ring (bicyclic) bond motifs is 2. The number of hydrogen-bond acceptors (Lipinski definition) is 5. The first-order valence-electron chi connectivity index (χ1n) is 10.8. The van der Waals surface area contributed by atoms with Crippen molar-refractivity contribution in [1.29, 1.82) is 0 Å².